The van der Waals surface area contributed by atoms with Crippen molar-refractivity contribution in [3.05, 3.63) is 59.1 Å². The monoisotopic (exact) mass is 314 g/mol. The average Bonchev–Trinajstić information content (AvgIpc) is 3.35. The lowest BCUT2D eigenvalue weighted by Crippen LogP contribution is -2.18. The van der Waals surface area contributed by atoms with Gasteiger partial charge in [0.2, 0.25) is 5.91 Å². The van der Waals surface area contributed by atoms with Gasteiger partial charge in [0.05, 0.1) is 6.21 Å². The maximum Gasteiger partial charge on any atom is 0.243 e. The van der Waals surface area contributed by atoms with E-state index in [9.17, 15) is 4.79 Å². The van der Waals surface area contributed by atoms with E-state index in [1.807, 2.05) is 24.3 Å². The van der Waals surface area contributed by atoms with Crippen LogP contribution in [0.25, 0.3) is 0 Å². The lowest BCUT2D eigenvalue weighted by molar-refractivity contribution is -0.122. The van der Waals surface area contributed by atoms with Crippen molar-refractivity contribution in [3.8, 4) is 11.5 Å². The van der Waals surface area contributed by atoms with Crippen molar-refractivity contribution in [1.82, 2.24) is 5.43 Å². The third kappa shape index (κ3) is 4.09. The van der Waals surface area contributed by atoms with Crippen molar-refractivity contribution in [1.29, 1.82) is 0 Å². The first-order valence-corrected chi connectivity index (χ1v) is 7.45. The molecule has 1 aliphatic carbocycles. The van der Waals surface area contributed by atoms with Crippen LogP contribution in [0.3, 0.4) is 0 Å². The highest BCUT2D eigenvalue weighted by Gasteiger charge is 2.29. The minimum atomic E-state index is -0.00943. The molecule has 1 saturated carbocycles. The van der Waals surface area contributed by atoms with Crippen LogP contribution in [0.15, 0.2) is 53.6 Å². The molecule has 1 N–H and O–H groups in total. The van der Waals surface area contributed by atoms with Gasteiger partial charge in [0.1, 0.15) is 11.5 Å². The fraction of sp³-hybridized carbons (Fsp3) is 0.176. The smallest absolute Gasteiger partial charge is 0.243 e. The van der Waals surface area contributed by atoms with E-state index in [1.165, 1.54) is 0 Å². The number of nitrogens with one attached hydrogen (secondary N) is 1. The largest absolute Gasteiger partial charge is 0.457 e. The molecule has 0 radical (unpaired) electrons. The van der Waals surface area contributed by atoms with Gasteiger partial charge in [0.15, 0.2) is 0 Å². The Hall–Kier alpha value is -2.33. The van der Waals surface area contributed by atoms with Crippen molar-refractivity contribution in [3.63, 3.8) is 0 Å². The number of amides is 1. The van der Waals surface area contributed by atoms with Gasteiger partial charge >= 0.3 is 0 Å². The molecule has 3 rings (SSSR count). The van der Waals surface area contributed by atoms with E-state index in [1.54, 1.807) is 30.5 Å². The molecule has 0 saturated heterocycles. The molecule has 1 fully saturated rings. The van der Waals surface area contributed by atoms with Gasteiger partial charge in [-0.15, -0.1) is 0 Å². The summed E-state index contributed by atoms with van der Waals surface area (Å²) >= 11 is 5.84. The van der Waals surface area contributed by atoms with Gasteiger partial charge < -0.3 is 4.74 Å². The van der Waals surface area contributed by atoms with Gasteiger partial charge in [-0.2, -0.15) is 5.10 Å². The highest BCUT2D eigenvalue weighted by atomic mass is 35.5. The van der Waals surface area contributed by atoms with Crippen LogP contribution in [-0.2, 0) is 4.79 Å². The second kappa shape index (κ2) is 6.62. The molecule has 0 aromatic heterocycles. The number of hydrogen-bond acceptors (Lipinski definition) is 3. The number of rotatable bonds is 5. The van der Waals surface area contributed by atoms with Crippen molar-refractivity contribution in [2.75, 3.05) is 0 Å². The summed E-state index contributed by atoms with van der Waals surface area (Å²) in [7, 11) is 0. The minimum Gasteiger partial charge on any atom is -0.457 e. The Balaban J connectivity index is 1.62. The molecule has 0 spiro atoms. The molecule has 4 nitrogen and oxygen atoms in total. The molecule has 112 valence electrons. The minimum absolute atomic E-state index is 0.00943. The molecule has 0 bridgehead atoms. The summed E-state index contributed by atoms with van der Waals surface area (Å²) in [5.74, 6) is 1.54. The summed E-state index contributed by atoms with van der Waals surface area (Å²) in [6.45, 7) is 0. The standard InChI is InChI=1S/C17H15ClN2O2/c18-14-6-8-15(9-7-14)22-16-3-1-2-12(10-16)11-19-20-17(21)13-4-5-13/h1-3,6-11,13H,4-5H2,(H,20,21)/b19-11-. The SMILES string of the molecule is O=C(N/N=C\c1cccc(Oc2ccc(Cl)cc2)c1)C1CC1. The molecule has 1 aliphatic rings. The summed E-state index contributed by atoms with van der Waals surface area (Å²) in [6, 6.07) is 14.6. The van der Waals surface area contributed by atoms with E-state index in [4.69, 9.17) is 16.3 Å². The molecule has 0 heterocycles. The van der Waals surface area contributed by atoms with Crippen LogP contribution < -0.4 is 10.2 Å². The third-order valence-electron chi connectivity index (χ3n) is 3.24. The Kier molecular flexibility index (Phi) is 4.39. The Bertz CT molecular complexity index is 694. The Morgan fingerprint density at radius 2 is 1.95 bits per heavy atom. The fourth-order valence-electron chi connectivity index (χ4n) is 1.90. The highest BCUT2D eigenvalue weighted by Crippen LogP contribution is 2.28. The van der Waals surface area contributed by atoms with E-state index in [2.05, 4.69) is 10.5 Å². The van der Waals surface area contributed by atoms with Crippen LogP contribution in [-0.4, -0.2) is 12.1 Å². The molecule has 0 unspecified atom stereocenters. The van der Waals surface area contributed by atoms with Crippen LogP contribution in [0, 0.1) is 5.92 Å². The van der Waals surface area contributed by atoms with Crippen molar-refractivity contribution in [2.24, 2.45) is 11.0 Å². The first-order valence-electron chi connectivity index (χ1n) is 7.07. The molecule has 1 amide bonds. The summed E-state index contributed by atoms with van der Waals surface area (Å²) < 4.78 is 5.74. The summed E-state index contributed by atoms with van der Waals surface area (Å²) in [6.07, 6.45) is 3.53. The van der Waals surface area contributed by atoms with E-state index in [0.717, 1.165) is 18.4 Å². The first-order chi connectivity index (χ1) is 10.7. The van der Waals surface area contributed by atoms with E-state index in [-0.39, 0.29) is 11.8 Å². The Morgan fingerprint density at radius 3 is 2.68 bits per heavy atom. The van der Waals surface area contributed by atoms with Crippen LogP contribution in [0.5, 0.6) is 11.5 Å². The van der Waals surface area contributed by atoms with Crippen LogP contribution in [0.2, 0.25) is 5.02 Å². The maximum absolute atomic E-state index is 11.5. The van der Waals surface area contributed by atoms with Gasteiger partial charge in [0, 0.05) is 10.9 Å². The van der Waals surface area contributed by atoms with E-state index >= 15 is 0 Å². The summed E-state index contributed by atoms with van der Waals surface area (Å²) in [5.41, 5.74) is 3.39. The van der Waals surface area contributed by atoms with E-state index in [0.29, 0.717) is 16.5 Å². The topological polar surface area (TPSA) is 50.7 Å². The van der Waals surface area contributed by atoms with Crippen molar-refractivity contribution < 1.29 is 9.53 Å². The second-order valence-electron chi connectivity index (χ2n) is 5.14. The zero-order valence-corrected chi connectivity index (χ0v) is 12.6. The number of hydrogen-bond donors (Lipinski definition) is 1. The van der Waals surface area contributed by atoms with Gasteiger partial charge in [-0.1, -0.05) is 23.7 Å². The third-order valence-corrected chi connectivity index (χ3v) is 3.50. The summed E-state index contributed by atoms with van der Waals surface area (Å²) in [4.78, 5) is 11.5. The molecular weight excluding hydrogens is 300 g/mol. The van der Waals surface area contributed by atoms with Crippen molar-refractivity contribution in [2.45, 2.75) is 12.8 Å². The quantitative estimate of drug-likeness (QED) is 0.670. The van der Waals surface area contributed by atoms with Gasteiger partial charge in [-0.05, 0) is 54.8 Å². The Labute approximate surface area is 133 Å². The lowest BCUT2D eigenvalue weighted by atomic mass is 10.2. The lowest BCUT2D eigenvalue weighted by Gasteiger charge is -2.06. The van der Waals surface area contributed by atoms with E-state index < -0.39 is 0 Å². The molecule has 2 aromatic carbocycles. The molecular formula is C17H15ClN2O2. The predicted molar refractivity (Wildman–Crippen MR) is 86.4 cm³/mol. The molecule has 5 heteroatoms. The van der Waals surface area contributed by atoms with Gasteiger partial charge in [-0.25, -0.2) is 5.43 Å². The number of hydrazone groups is 1. The maximum atomic E-state index is 11.5. The predicted octanol–water partition coefficient (Wildman–Crippen LogP) is 3.99. The van der Waals surface area contributed by atoms with Gasteiger partial charge in [-0.3, -0.25) is 4.79 Å². The average molecular weight is 315 g/mol. The number of nitrogens with zero attached hydrogens (tertiary/aromatic N) is 1. The number of ether oxygens (including phenoxy) is 1. The normalized spacial score (nSPS) is 14.0. The van der Waals surface area contributed by atoms with Crippen molar-refractivity contribution >= 4 is 23.7 Å². The zero-order valence-electron chi connectivity index (χ0n) is 11.8. The number of halogens is 1. The number of carbonyl (C=O) groups excluding carboxylic acids is 1. The second-order valence-corrected chi connectivity index (χ2v) is 5.57. The molecule has 0 aliphatic heterocycles. The van der Waals surface area contributed by atoms with Gasteiger partial charge in [0.25, 0.3) is 0 Å². The van der Waals surface area contributed by atoms with Crippen LogP contribution >= 0.6 is 11.6 Å². The number of benzene rings is 2. The first kappa shape index (κ1) is 14.6. The zero-order chi connectivity index (χ0) is 15.4. The Morgan fingerprint density at radius 1 is 1.18 bits per heavy atom. The number of carbonyl (C=O) groups is 1. The fourth-order valence-corrected chi connectivity index (χ4v) is 2.03. The highest BCUT2D eigenvalue weighted by molar-refractivity contribution is 6.30. The van der Waals surface area contributed by atoms with Crippen LogP contribution in [0.4, 0.5) is 0 Å². The molecule has 0 atom stereocenters. The molecule has 2 aromatic rings. The summed E-state index contributed by atoms with van der Waals surface area (Å²) in [5, 5.41) is 4.63. The molecule has 22 heavy (non-hydrogen) atoms. The van der Waals surface area contributed by atoms with Crippen LogP contribution in [0.1, 0.15) is 18.4 Å².